The van der Waals surface area contributed by atoms with E-state index < -0.39 is 11.6 Å². The van der Waals surface area contributed by atoms with Gasteiger partial charge in [-0.1, -0.05) is 19.1 Å². The maximum atomic E-state index is 13.4. The van der Waals surface area contributed by atoms with Crippen molar-refractivity contribution in [3.8, 4) is 0 Å². The lowest BCUT2D eigenvalue weighted by atomic mass is 9.88. The van der Waals surface area contributed by atoms with E-state index in [4.69, 9.17) is 0 Å². The molecular weight excluding hydrogens is 250 g/mol. The van der Waals surface area contributed by atoms with Gasteiger partial charge in [0.05, 0.1) is 0 Å². The van der Waals surface area contributed by atoms with Crippen LogP contribution in [-0.2, 0) is 11.2 Å². The smallest absolute Gasteiger partial charge is 0.223 e. The molecule has 1 unspecified atom stereocenters. The fraction of sp³-hybridized carbons (Fsp3) is 0.500. The highest BCUT2D eigenvalue weighted by Gasteiger charge is 2.28. The van der Waals surface area contributed by atoms with Crippen LogP contribution >= 0.6 is 0 Å². The molecule has 1 aromatic rings. The summed E-state index contributed by atoms with van der Waals surface area (Å²) >= 11 is 0. The second-order valence-corrected chi connectivity index (χ2v) is 4.96. The van der Waals surface area contributed by atoms with Crippen molar-refractivity contribution in [2.75, 3.05) is 19.6 Å². The number of carbonyl (C=O) groups excluding carboxylic acids is 1. The molecule has 0 aliphatic carbocycles. The molecule has 0 aromatic heterocycles. The van der Waals surface area contributed by atoms with Crippen molar-refractivity contribution in [2.45, 2.75) is 13.3 Å². The van der Waals surface area contributed by atoms with E-state index in [0.717, 1.165) is 19.2 Å². The van der Waals surface area contributed by atoms with E-state index in [1.165, 1.54) is 12.1 Å². The normalized spacial score (nSPS) is 16.8. The Morgan fingerprint density at radius 1 is 1.47 bits per heavy atom. The molecule has 2 rings (SSSR count). The molecule has 1 atom stereocenters. The lowest BCUT2D eigenvalue weighted by Gasteiger charge is -2.31. The quantitative estimate of drug-likeness (QED) is 0.849. The third-order valence-corrected chi connectivity index (χ3v) is 3.66. The van der Waals surface area contributed by atoms with E-state index in [2.05, 4.69) is 10.6 Å². The van der Waals surface area contributed by atoms with Crippen LogP contribution in [0.2, 0.25) is 0 Å². The van der Waals surface area contributed by atoms with Gasteiger partial charge in [0.15, 0.2) is 11.6 Å². The molecule has 1 heterocycles. The Hall–Kier alpha value is -1.49. The summed E-state index contributed by atoms with van der Waals surface area (Å²) in [6.45, 7) is 3.95. The van der Waals surface area contributed by atoms with Crippen molar-refractivity contribution < 1.29 is 13.6 Å². The van der Waals surface area contributed by atoms with Gasteiger partial charge in [-0.05, 0) is 37.1 Å². The maximum absolute atomic E-state index is 13.4. The van der Waals surface area contributed by atoms with Gasteiger partial charge in [-0.3, -0.25) is 4.79 Å². The van der Waals surface area contributed by atoms with Gasteiger partial charge in [-0.25, -0.2) is 8.78 Å². The predicted octanol–water partition coefficient (Wildman–Crippen LogP) is 1.48. The predicted molar refractivity (Wildman–Crippen MR) is 68.6 cm³/mol. The zero-order valence-electron chi connectivity index (χ0n) is 10.9. The van der Waals surface area contributed by atoms with Crippen molar-refractivity contribution in [3.05, 3.63) is 35.4 Å². The van der Waals surface area contributed by atoms with Crippen LogP contribution in [0.5, 0.6) is 0 Å². The highest BCUT2D eigenvalue weighted by Crippen LogP contribution is 2.16. The van der Waals surface area contributed by atoms with E-state index >= 15 is 0 Å². The van der Waals surface area contributed by atoms with Crippen LogP contribution in [-0.4, -0.2) is 25.5 Å². The van der Waals surface area contributed by atoms with Crippen molar-refractivity contribution in [3.63, 3.8) is 0 Å². The number of amides is 1. The summed E-state index contributed by atoms with van der Waals surface area (Å²) in [6.07, 6.45) is 0.297. The summed E-state index contributed by atoms with van der Waals surface area (Å²) in [7, 11) is 0. The van der Waals surface area contributed by atoms with E-state index in [-0.39, 0.29) is 11.8 Å². The lowest BCUT2D eigenvalue weighted by molar-refractivity contribution is -0.126. The van der Waals surface area contributed by atoms with Gasteiger partial charge in [-0.15, -0.1) is 0 Å². The van der Waals surface area contributed by atoms with Gasteiger partial charge >= 0.3 is 0 Å². The zero-order chi connectivity index (χ0) is 13.8. The van der Waals surface area contributed by atoms with Gasteiger partial charge in [0, 0.05) is 12.5 Å². The number of hydrogen-bond acceptors (Lipinski definition) is 2. The standard InChI is InChI=1S/C14H18F2N2O/c1-9(11-7-17-8-11)14(19)18-6-5-10-3-2-4-12(15)13(10)16/h2-4,9,11,17H,5-8H2,1H3,(H,18,19). The third-order valence-electron chi connectivity index (χ3n) is 3.66. The van der Waals surface area contributed by atoms with Gasteiger partial charge in [0.25, 0.3) is 0 Å². The van der Waals surface area contributed by atoms with Crippen LogP contribution < -0.4 is 10.6 Å². The zero-order valence-corrected chi connectivity index (χ0v) is 10.9. The number of benzene rings is 1. The number of rotatable bonds is 5. The van der Waals surface area contributed by atoms with Crippen molar-refractivity contribution >= 4 is 5.91 Å². The molecule has 3 nitrogen and oxygen atoms in total. The Balaban J connectivity index is 1.79. The highest BCUT2D eigenvalue weighted by molar-refractivity contribution is 5.78. The number of nitrogens with one attached hydrogen (secondary N) is 2. The molecule has 1 amide bonds. The molecule has 104 valence electrons. The minimum absolute atomic E-state index is 0.0247. The second kappa shape index (κ2) is 6.10. The first-order chi connectivity index (χ1) is 9.09. The van der Waals surface area contributed by atoms with Crippen LogP contribution in [0.25, 0.3) is 0 Å². The van der Waals surface area contributed by atoms with Crippen LogP contribution in [0.3, 0.4) is 0 Å². The molecular formula is C14H18F2N2O. The summed E-state index contributed by atoms with van der Waals surface area (Å²) < 4.78 is 26.4. The monoisotopic (exact) mass is 268 g/mol. The number of halogens is 2. The lowest BCUT2D eigenvalue weighted by Crippen LogP contribution is -2.49. The Morgan fingerprint density at radius 2 is 2.21 bits per heavy atom. The third kappa shape index (κ3) is 3.29. The Morgan fingerprint density at radius 3 is 2.84 bits per heavy atom. The maximum Gasteiger partial charge on any atom is 0.223 e. The summed E-state index contributed by atoms with van der Waals surface area (Å²) in [4.78, 5) is 11.8. The topological polar surface area (TPSA) is 41.1 Å². The Labute approximate surface area is 111 Å². The average molecular weight is 268 g/mol. The van der Waals surface area contributed by atoms with Gasteiger partial charge in [0.1, 0.15) is 0 Å². The van der Waals surface area contributed by atoms with Gasteiger partial charge < -0.3 is 10.6 Å². The first kappa shape index (κ1) is 13.9. The summed E-state index contributed by atoms with van der Waals surface area (Å²) in [5, 5.41) is 5.89. The first-order valence-corrected chi connectivity index (χ1v) is 6.51. The Bertz CT molecular complexity index is 461. The van der Waals surface area contributed by atoms with E-state index in [0.29, 0.717) is 24.4 Å². The molecule has 1 aromatic carbocycles. The van der Waals surface area contributed by atoms with Crippen molar-refractivity contribution in [1.29, 1.82) is 0 Å². The average Bonchev–Trinajstić information content (AvgIpc) is 2.32. The highest BCUT2D eigenvalue weighted by atomic mass is 19.2. The van der Waals surface area contributed by atoms with Crippen LogP contribution in [0.15, 0.2) is 18.2 Å². The molecule has 1 aliphatic heterocycles. The molecule has 1 fully saturated rings. The van der Waals surface area contributed by atoms with Crippen molar-refractivity contribution in [2.24, 2.45) is 11.8 Å². The van der Waals surface area contributed by atoms with Crippen molar-refractivity contribution in [1.82, 2.24) is 10.6 Å². The molecule has 1 aliphatic rings. The second-order valence-electron chi connectivity index (χ2n) is 4.96. The van der Waals surface area contributed by atoms with Crippen LogP contribution in [0.4, 0.5) is 8.78 Å². The molecule has 0 bridgehead atoms. The minimum Gasteiger partial charge on any atom is -0.356 e. The van der Waals surface area contributed by atoms with E-state index in [1.807, 2.05) is 6.92 Å². The number of carbonyl (C=O) groups is 1. The fourth-order valence-corrected chi connectivity index (χ4v) is 2.10. The van der Waals surface area contributed by atoms with E-state index in [1.54, 1.807) is 0 Å². The largest absolute Gasteiger partial charge is 0.356 e. The molecule has 2 N–H and O–H groups in total. The summed E-state index contributed by atoms with van der Waals surface area (Å²) in [5.41, 5.74) is 0.290. The van der Waals surface area contributed by atoms with E-state index in [9.17, 15) is 13.6 Å². The molecule has 19 heavy (non-hydrogen) atoms. The minimum atomic E-state index is -0.849. The van der Waals surface area contributed by atoms with Crippen LogP contribution in [0.1, 0.15) is 12.5 Å². The first-order valence-electron chi connectivity index (χ1n) is 6.51. The summed E-state index contributed by atoms with van der Waals surface area (Å²) in [5.74, 6) is -1.36. The van der Waals surface area contributed by atoms with Crippen LogP contribution in [0, 0.1) is 23.5 Å². The SMILES string of the molecule is CC(C(=O)NCCc1cccc(F)c1F)C1CNC1. The fourth-order valence-electron chi connectivity index (χ4n) is 2.10. The molecule has 0 spiro atoms. The number of hydrogen-bond donors (Lipinski definition) is 2. The Kier molecular flexibility index (Phi) is 4.47. The molecule has 0 radical (unpaired) electrons. The van der Waals surface area contributed by atoms with Gasteiger partial charge in [0.2, 0.25) is 5.91 Å². The molecule has 5 heteroatoms. The summed E-state index contributed by atoms with van der Waals surface area (Å²) in [6, 6.07) is 4.09. The van der Waals surface area contributed by atoms with Gasteiger partial charge in [-0.2, -0.15) is 0 Å². The molecule has 1 saturated heterocycles. The molecule has 0 saturated carbocycles.